The van der Waals surface area contributed by atoms with Gasteiger partial charge in [0.1, 0.15) is 0 Å². The first-order valence-electron chi connectivity index (χ1n) is 7.12. The number of hydrogen-bond acceptors (Lipinski definition) is 3. The summed E-state index contributed by atoms with van der Waals surface area (Å²) in [4.78, 5) is 16.3. The molecule has 0 N–H and O–H groups in total. The lowest BCUT2D eigenvalue weighted by atomic mass is 10.2. The molecule has 3 rings (SSSR count). The highest BCUT2D eigenvalue weighted by Gasteiger charge is 2.23. The maximum atomic E-state index is 12.2. The molecule has 1 aromatic carbocycles. The molecule has 1 amide bonds. The number of halogens is 2. The molecule has 4 nitrogen and oxygen atoms in total. The summed E-state index contributed by atoms with van der Waals surface area (Å²) in [7, 11) is 0. The van der Waals surface area contributed by atoms with Crippen LogP contribution in [0.3, 0.4) is 0 Å². The van der Waals surface area contributed by atoms with E-state index >= 15 is 0 Å². The minimum atomic E-state index is -0.0424. The first kappa shape index (κ1) is 15.4. The first-order valence-corrected chi connectivity index (χ1v) is 7.88. The molecule has 0 radical (unpaired) electrons. The van der Waals surface area contributed by atoms with Crippen molar-refractivity contribution in [1.82, 2.24) is 9.80 Å². The molecule has 0 spiro atoms. The van der Waals surface area contributed by atoms with Gasteiger partial charge in [0.25, 0.3) is 5.91 Å². The molecule has 0 atom stereocenters. The Hall–Kier alpha value is -1.49. The molecular formula is C16H16Cl2N2O2. The van der Waals surface area contributed by atoms with Gasteiger partial charge < -0.3 is 9.32 Å². The normalized spacial score (nSPS) is 16.0. The van der Waals surface area contributed by atoms with Gasteiger partial charge in [-0.1, -0.05) is 29.3 Å². The number of hydrogen-bond donors (Lipinski definition) is 0. The second-order valence-corrected chi connectivity index (χ2v) is 6.11. The van der Waals surface area contributed by atoms with E-state index in [-0.39, 0.29) is 5.91 Å². The lowest BCUT2D eigenvalue weighted by Gasteiger charge is -2.34. The number of piperazine rings is 1. The number of furan rings is 1. The van der Waals surface area contributed by atoms with E-state index in [1.54, 1.807) is 12.1 Å². The summed E-state index contributed by atoms with van der Waals surface area (Å²) < 4.78 is 5.16. The monoisotopic (exact) mass is 338 g/mol. The molecule has 1 aliphatic heterocycles. The molecule has 6 heteroatoms. The van der Waals surface area contributed by atoms with Crippen LogP contribution in [0.2, 0.25) is 10.0 Å². The van der Waals surface area contributed by atoms with Crippen molar-refractivity contribution in [1.29, 1.82) is 0 Å². The van der Waals surface area contributed by atoms with Crippen LogP contribution in [0.4, 0.5) is 0 Å². The second-order valence-electron chi connectivity index (χ2n) is 5.29. The highest BCUT2D eigenvalue weighted by atomic mass is 35.5. The molecule has 1 fully saturated rings. The molecule has 1 aromatic heterocycles. The Morgan fingerprint density at radius 2 is 1.86 bits per heavy atom. The van der Waals surface area contributed by atoms with Crippen molar-refractivity contribution in [2.45, 2.75) is 6.54 Å². The van der Waals surface area contributed by atoms with Crippen LogP contribution in [0.5, 0.6) is 0 Å². The third-order valence-electron chi connectivity index (χ3n) is 3.78. The Balaban J connectivity index is 1.55. The van der Waals surface area contributed by atoms with Gasteiger partial charge >= 0.3 is 0 Å². The van der Waals surface area contributed by atoms with Crippen LogP contribution >= 0.6 is 23.2 Å². The highest BCUT2D eigenvalue weighted by molar-refractivity contribution is 6.42. The summed E-state index contributed by atoms with van der Waals surface area (Å²) in [5, 5.41) is 1.14. The number of benzene rings is 1. The largest absolute Gasteiger partial charge is 0.459 e. The van der Waals surface area contributed by atoms with Crippen molar-refractivity contribution in [3.8, 4) is 0 Å². The molecule has 0 unspecified atom stereocenters. The van der Waals surface area contributed by atoms with E-state index in [0.717, 1.165) is 25.2 Å². The van der Waals surface area contributed by atoms with Crippen LogP contribution in [0.25, 0.3) is 0 Å². The van der Waals surface area contributed by atoms with Gasteiger partial charge in [-0.25, -0.2) is 0 Å². The summed E-state index contributed by atoms with van der Waals surface area (Å²) >= 11 is 12.0. The zero-order valence-corrected chi connectivity index (χ0v) is 13.5. The van der Waals surface area contributed by atoms with E-state index in [9.17, 15) is 4.79 Å². The molecule has 116 valence electrons. The van der Waals surface area contributed by atoms with Crippen molar-refractivity contribution in [3.63, 3.8) is 0 Å². The van der Waals surface area contributed by atoms with Crippen molar-refractivity contribution >= 4 is 29.1 Å². The Kier molecular flexibility index (Phi) is 4.71. The molecule has 0 saturated carbocycles. The number of rotatable bonds is 3. The zero-order valence-electron chi connectivity index (χ0n) is 12.0. The lowest BCUT2D eigenvalue weighted by molar-refractivity contribution is 0.0598. The number of nitrogens with zero attached hydrogens (tertiary/aromatic N) is 2. The van der Waals surface area contributed by atoms with Gasteiger partial charge in [0.2, 0.25) is 0 Å². The molecule has 2 aromatic rings. The van der Waals surface area contributed by atoms with E-state index in [0.29, 0.717) is 28.9 Å². The minimum absolute atomic E-state index is 0.0424. The average molecular weight is 339 g/mol. The van der Waals surface area contributed by atoms with E-state index in [4.69, 9.17) is 27.6 Å². The standard InChI is InChI=1S/C16H16Cl2N2O2/c17-13-4-3-12(10-14(13)18)11-19-5-7-20(8-6-19)16(21)15-2-1-9-22-15/h1-4,9-10H,5-8,11H2. The fourth-order valence-electron chi connectivity index (χ4n) is 2.56. The van der Waals surface area contributed by atoms with Crippen molar-refractivity contribution < 1.29 is 9.21 Å². The first-order chi connectivity index (χ1) is 10.6. The Labute approximate surface area is 139 Å². The van der Waals surface area contributed by atoms with Crippen molar-refractivity contribution in [2.24, 2.45) is 0 Å². The number of carbonyl (C=O) groups is 1. The van der Waals surface area contributed by atoms with Crippen LogP contribution in [0.15, 0.2) is 41.0 Å². The van der Waals surface area contributed by atoms with Crippen LogP contribution in [-0.4, -0.2) is 41.9 Å². The fraction of sp³-hybridized carbons (Fsp3) is 0.312. The quantitative estimate of drug-likeness (QED) is 0.858. The molecule has 0 aliphatic carbocycles. The van der Waals surface area contributed by atoms with Gasteiger partial charge in [-0.3, -0.25) is 9.69 Å². The molecule has 2 heterocycles. The number of amides is 1. The predicted molar refractivity (Wildman–Crippen MR) is 86.4 cm³/mol. The molecule has 1 saturated heterocycles. The van der Waals surface area contributed by atoms with Crippen LogP contribution < -0.4 is 0 Å². The van der Waals surface area contributed by atoms with Gasteiger partial charge in [0.15, 0.2) is 5.76 Å². The maximum Gasteiger partial charge on any atom is 0.289 e. The van der Waals surface area contributed by atoms with Gasteiger partial charge in [-0.15, -0.1) is 0 Å². The third-order valence-corrected chi connectivity index (χ3v) is 4.52. The smallest absolute Gasteiger partial charge is 0.289 e. The minimum Gasteiger partial charge on any atom is -0.459 e. The maximum absolute atomic E-state index is 12.2. The summed E-state index contributed by atoms with van der Waals surface area (Å²) in [6.07, 6.45) is 1.52. The van der Waals surface area contributed by atoms with Crippen molar-refractivity contribution in [2.75, 3.05) is 26.2 Å². The molecule has 22 heavy (non-hydrogen) atoms. The van der Waals surface area contributed by atoms with Crippen LogP contribution in [0, 0.1) is 0 Å². The lowest BCUT2D eigenvalue weighted by Crippen LogP contribution is -2.48. The topological polar surface area (TPSA) is 36.7 Å². The summed E-state index contributed by atoms with van der Waals surface area (Å²) in [6.45, 7) is 3.85. The van der Waals surface area contributed by atoms with Crippen LogP contribution in [-0.2, 0) is 6.54 Å². The van der Waals surface area contributed by atoms with Gasteiger partial charge in [0.05, 0.1) is 16.3 Å². The van der Waals surface area contributed by atoms with Gasteiger partial charge in [0, 0.05) is 32.7 Å². The molecule has 0 bridgehead atoms. The van der Waals surface area contributed by atoms with Crippen molar-refractivity contribution in [3.05, 3.63) is 58.0 Å². The molecule has 1 aliphatic rings. The average Bonchev–Trinajstić information content (AvgIpc) is 3.05. The van der Waals surface area contributed by atoms with E-state index in [1.165, 1.54) is 6.26 Å². The van der Waals surface area contributed by atoms with Gasteiger partial charge in [-0.2, -0.15) is 0 Å². The number of carbonyl (C=O) groups excluding carboxylic acids is 1. The predicted octanol–water partition coefficient (Wildman–Crippen LogP) is 3.54. The zero-order chi connectivity index (χ0) is 15.5. The SMILES string of the molecule is O=C(c1ccco1)N1CCN(Cc2ccc(Cl)c(Cl)c2)CC1. The summed E-state index contributed by atoms with van der Waals surface area (Å²) in [5.41, 5.74) is 1.13. The van der Waals surface area contributed by atoms with Gasteiger partial charge in [-0.05, 0) is 29.8 Å². The molecular weight excluding hydrogens is 323 g/mol. The van der Waals surface area contributed by atoms with E-state index < -0.39 is 0 Å². The Morgan fingerprint density at radius 1 is 1.09 bits per heavy atom. The van der Waals surface area contributed by atoms with E-state index in [2.05, 4.69) is 4.90 Å². The summed E-state index contributed by atoms with van der Waals surface area (Å²) in [6, 6.07) is 9.12. The highest BCUT2D eigenvalue weighted by Crippen LogP contribution is 2.23. The van der Waals surface area contributed by atoms with E-state index in [1.807, 2.05) is 23.1 Å². The Morgan fingerprint density at radius 3 is 2.50 bits per heavy atom. The summed E-state index contributed by atoms with van der Waals surface area (Å²) in [5.74, 6) is 0.358. The second kappa shape index (κ2) is 6.73. The Bertz CT molecular complexity index is 650. The fourth-order valence-corrected chi connectivity index (χ4v) is 2.88. The van der Waals surface area contributed by atoms with Crippen LogP contribution in [0.1, 0.15) is 16.1 Å². The third kappa shape index (κ3) is 3.46.